The number of aliphatic carboxylic acids is 1. The summed E-state index contributed by atoms with van der Waals surface area (Å²) in [4.78, 5) is 22.6. The second-order valence-electron chi connectivity index (χ2n) is 6.22. The summed E-state index contributed by atoms with van der Waals surface area (Å²) in [6.07, 6.45) is -11.8. The molecular formula is C16H29NO11. The summed E-state index contributed by atoms with van der Waals surface area (Å²) in [6.45, 7) is 2.23. The average Bonchev–Trinajstić information content (AvgIpc) is 2.65. The van der Waals surface area contributed by atoms with Gasteiger partial charge in [0.1, 0.15) is 36.6 Å². The Kier molecular flexibility index (Phi) is 10.2. The van der Waals surface area contributed by atoms with E-state index in [9.17, 15) is 35.1 Å². The van der Waals surface area contributed by atoms with Crippen molar-refractivity contribution in [3.63, 3.8) is 0 Å². The second-order valence-corrected chi connectivity index (χ2v) is 6.22. The Labute approximate surface area is 162 Å². The van der Waals surface area contributed by atoms with Gasteiger partial charge in [-0.1, -0.05) is 0 Å². The monoisotopic (exact) mass is 411 g/mol. The van der Waals surface area contributed by atoms with E-state index in [1.807, 2.05) is 0 Å². The normalized spacial score (nSPS) is 31.0. The van der Waals surface area contributed by atoms with Crippen LogP contribution < -0.4 is 5.32 Å². The average molecular weight is 411 g/mol. The number of aliphatic hydroxyl groups is 4. The minimum absolute atomic E-state index is 0.174. The molecule has 1 rings (SSSR count). The number of methoxy groups -OCH3 is 1. The van der Waals surface area contributed by atoms with Crippen molar-refractivity contribution in [2.75, 3.05) is 26.9 Å². The fourth-order valence-electron chi connectivity index (χ4n) is 2.79. The zero-order valence-electron chi connectivity index (χ0n) is 15.9. The highest BCUT2D eigenvalue weighted by molar-refractivity contribution is 5.73. The van der Waals surface area contributed by atoms with Gasteiger partial charge in [-0.05, 0) is 6.92 Å². The van der Waals surface area contributed by atoms with Crippen LogP contribution in [0.5, 0.6) is 0 Å². The first kappa shape index (κ1) is 24.7. The predicted molar refractivity (Wildman–Crippen MR) is 91.2 cm³/mol. The van der Waals surface area contributed by atoms with E-state index in [1.54, 1.807) is 6.92 Å². The van der Waals surface area contributed by atoms with Gasteiger partial charge in [-0.3, -0.25) is 4.79 Å². The first-order chi connectivity index (χ1) is 13.2. The van der Waals surface area contributed by atoms with Crippen molar-refractivity contribution in [2.24, 2.45) is 0 Å². The van der Waals surface area contributed by atoms with Crippen LogP contribution in [-0.2, 0) is 28.5 Å². The fraction of sp³-hybridized carbons (Fsp3) is 0.875. The molecule has 12 nitrogen and oxygen atoms in total. The first-order valence-electron chi connectivity index (χ1n) is 8.75. The number of carboxylic acid groups (broad SMARTS) is 1. The van der Waals surface area contributed by atoms with E-state index in [2.05, 4.69) is 5.32 Å². The molecule has 12 heteroatoms. The maximum absolute atomic E-state index is 11.4. The Morgan fingerprint density at radius 1 is 1.21 bits per heavy atom. The van der Waals surface area contributed by atoms with Crippen molar-refractivity contribution in [3.05, 3.63) is 0 Å². The number of carbonyl (C=O) groups excluding carboxylic acids is 1. The minimum atomic E-state index is -1.70. The lowest BCUT2D eigenvalue weighted by atomic mass is 9.98. The molecule has 1 amide bonds. The van der Waals surface area contributed by atoms with E-state index in [4.69, 9.17) is 18.9 Å². The topological polar surface area (TPSA) is 184 Å². The smallest absolute Gasteiger partial charge is 0.335 e. The van der Waals surface area contributed by atoms with Crippen LogP contribution >= 0.6 is 0 Å². The molecular weight excluding hydrogens is 382 g/mol. The van der Waals surface area contributed by atoms with Crippen molar-refractivity contribution in [1.82, 2.24) is 5.32 Å². The van der Waals surface area contributed by atoms with Gasteiger partial charge in [0, 0.05) is 27.2 Å². The Bertz CT molecular complexity index is 505. The molecule has 0 aromatic carbocycles. The number of rotatable bonds is 11. The van der Waals surface area contributed by atoms with E-state index < -0.39 is 67.5 Å². The molecule has 1 saturated heterocycles. The summed E-state index contributed by atoms with van der Waals surface area (Å²) in [5, 5.41) is 51.9. The maximum atomic E-state index is 11.4. The molecule has 1 fully saturated rings. The zero-order chi connectivity index (χ0) is 21.4. The van der Waals surface area contributed by atoms with E-state index in [-0.39, 0.29) is 13.2 Å². The Balaban J connectivity index is 3.01. The third-order valence-electron chi connectivity index (χ3n) is 4.24. The van der Waals surface area contributed by atoms with Crippen LogP contribution in [0, 0.1) is 0 Å². The van der Waals surface area contributed by atoms with Crippen LogP contribution in [0.15, 0.2) is 0 Å². The minimum Gasteiger partial charge on any atom is -0.479 e. The Morgan fingerprint density at radius 3 is 2.32 bits per heavy atom. The lowest BCUT2D eigenvalue weighted by Gasteiger charge is -2.42. The van der Waals surface area contributed by atoms with Gasteiger partial charge in [-0.2, -0.15) is 0 Å². The molecule has 0 radical (unpaired) electrons. The van der Waals surface area contributed by atoms with E-state index in [1.165, 1.54) is 6.92 Å². The molecule has 1 heterocycles. The molecule has 6 N–H and O–H groups in total. The van der Waals surface area contributed by atoms with Gasteiger partial charge in [0.15, 0.2) is 12.4 Å². The highest BCUT2D eigenvalue weighted by Crippen LogP contribution is 2.26. The molecule has 0 saturated carbocycles. The molecule has 0 aromatic rings. The second kappa shape index (κ2) is 11.6. The first-order valence-corrected chi connectivity index (χ1v) is 8.75. The maximum Gasteiger partial charge on any atom is 0.335 e. The van der Waals surface area contributed by atoms with Crippen molar-refractivity contribution in [3.8, 4) is 0 Å². The largest absolute Gasteiger partial charge is 0.479 e. The molecule has 1 aliphatic rings. The van der Waals surface area contributed by atoms with Gasteiger partial charge in [0.25, 0.3) is 0 Å². The van der Waals surface area contributed by atoms with Gasteiger partial charge in [-0.15, -0.1) is 0 Å². The van der Waals surface area contributed by atoms with Crippen LogP contribution in [0.2, 0.25) is 0 Å². The molecule has 0 bridgehead atoms. The van der Waals surface area contributed by atoms with E-state index in [0.29, 0.717) is 0 Å². The SMILES string of the molecule is CCOC(CO)[C@@H](O)[C@@H](CNC(C)=O)O[C@@H]1O[C@@H](C(=O)O)[C@@H](OC)C(O)C1O. The van der Waals surface area contributed by atoms with E-state index >= 15 is 0 Å². The Hall–Kier alpha value is -1.38. The summed E-state index contributed by atoms with van der Waals surface area (Å²) in [7, 11) is 1.15. The van der Waals surface area contributed by atoms with Gasteiger partial charge < -0.3 is 49.8 Å². The third kappa shape index (κ3) is 6.32. The van der Waals surface area contributed by atoms with Crippen LogP contribution in [0.1, 0.15) is 13.8 Å². The number of hydrogen-bond donors (Lipinski definition) is 6. The molecule has 28 heavy (non-hydrogen) atoms. The van der Waals surface area contributed by atoms with Crippen molar-refractivity contribution < 1.29 is 54.1 Å². The summed E-state index contributed by atoms with van der Waals surface area (Å²) in [6, 6.07) is 0. The van der Waals surface area contributed by atoms with Crippen molar-refractivity contribution in [2.45, 2.75) is 62.9 Å². The number of aliphatic hydroxyl groups excluding tert-OH is 4. The standard InChI is InChI=1S/C16H29NO11/c1-4-26-9(6-18)10(20)8(5-17-7(2)19)27-16-12(22)11(21)13(25-3)14(28-16)15(23)24/h8-14,16,18,20-22H,4-6H2,1-3H3,(H,17,19)(H,23,24)/t8-,9?,10+,11?,12?,13+,14-,16-/m1/s1. The van der Waals surface area contributed by atoms with Gasteiger partial charge in [0.2, 0.25) is 5.91 Å². The highest BCUT2D eigenvalue weighted by atomic mass is 16.7. The lowest BCUT2D eigenvalue weighted by Crippen LogP contribution is -2.62. The van der Waals surface area contributed by atoms with Crippen molar-refractivity contribution >= 4 is 11.9 Å². The Morgan fingerprint density at radius 2 is 1.86 bits per heavy atom. The van der Waals surface area contributed by atoms with Gasteiger partial charge in [-0.25, -0.2) is 4.79 Å². The quantitative estimate of drug-likeness (QED) is 0.201. The number of carboxylic acids is 1. The predicted octanol–water partition coefficient (Wildman–Crippen LogP) is -3.19. The van der Waals surface area contributed by atoms with Crippen LogP contribution in [0.25, 0.3) is 0 Å². The molecule has 0 aromatic heterocycles. The number of carbonyl (C=O) groups is 2. The molecule has 1 aliphatic heterocycles. The van der Waals surface area contributed by atoms with Gasteiger partial charge in [0.05, 0.1) is 6.61 Å². The number of hydrogen-bond acceptors (Lipinski definition) is 10. The summed E-state index contributed by atoms with van der Waals surface area (Å²) in [5.41, 5.74) is 0. The molecule has 0 aliphatic carbocycles. The van der Waals surface area contributed by atoms with Crippen molar-refractivity contribution in [1.29, 1.82) is 0 Å². The fourth-order valence-corrected chi connectivity index (χ4v) is 2.79. The number of ether oxygens (including phenoxy) is 4. The van der Waals surface area contributed by atoms with Crippen LogP contribution in [-0.4, -0.2) is 113 Å². The summed E-state index contributed by atoms with van der Waals surface area (Å²) < 4.78 is 20.8. The molecule has 3 unspecified atom stereocenters. The van der Waals surface area contributed by atoms with Crippen LogP contribution in [0.3, 0.4) is 0 Å². The van der Waals surface area contributed by atoms with Crippen LogP contribution in [0.4, 0.5) is 0 Å². The third-order valence-corrected chi connectivity index (χ3v) is 4.24. The summed E-state index contributed by atoms with van der Waals surface area (Å²) in [5.74, 6) is -1.89. The van der Waals surface area contributed by atoms with Gasteiger partial charge >= 0.3 is 5.97 Å². The summed E-state index contributed by atoms with van der Waals surface area (Å²) >= 11 is 0. The molecule has 8 atom stereocenters. The molecule has 164 valence electrons. The molecule has 0 spiro atoms. The number of amides is 1. The van der Waals surface area contributed by atoms with E-state index in [0.717, 1.165) is 7.11 Å². The lowest BCUT2D eigenvalue weighted by molar-refractivity contribution is -0.315. The zero-order valence-corrected chi connectivity index (χ0v) is 15.9. The highest BCUT2D eigenvalue weighted by Gasteiger charge is 2.49. The number of nitrogens with one attached hydrogen (secondary N) is 1.